The smallest absolute Gasteiger partial charge is 0.334 e. The second-order valence-electron chi connectivity index (χ2n) is 4.67. The molecule has 2 rings (SSSR count). The van der Waals surface area contributed by atoms with Crippen LogP contribution in [0.3, 0.4) is 0 Å². The second-order valence-corrected chi connectivity index (χ2v) is 5.08. The summed E-state index contributed by atoms with van der Waals surface area (Å²) >= 11 is 6.10. The molecule has 0 aromatic heterocycles. The molecular formula is C14H16ClNO5. The van der Waals surface area contributed by atoms with Gasteiger partial charge in [-0.1, -0.05) is 17.7 Å². The fourth-order valence-electron chi connectivity index (χ4n) is 2.10. The zero-order valence-corrected chi connectivity index (χ0v) is 12.3. The Bertz CT molecular complexity index is 548. The Morgan fingerprint density at radius 3 is 2.90 bits per heavy atom. The number of nitrogens with zero attached hydrogens (tertiary/aromatic N) is 1. The van der Waals surface area contributed by atoms with Crippen LogP contribution in [0.2, 0.25) is 5.02 Å². The summed E-state index contributed by atoms with van der Waals surface area (Å²) in [7, 11) is 1.54. The molecule has 0 bridgehead atoms. The molecule has 1 saturated heterocycles. The quantitative estimate of drug-likeness (QED) is 0.904. The van der Waals surface area contributed by atoms with Gasteiger partial charge in [-0.3, -0.25) is 4.79 Å². The minimum absolute atomic E-state index is 0.0575. The highest BCUT2D eigenvalue weighted by atomic mass is 35.5. The number of carboxylic acid groups (broad SMARTS) is 1. The molecule has 1 heterocycles. The van der Waals surface area contributed by atoms with E-state index in [2.05, 4.69) is 0 Å². The van der Waals surface area contributed by atoms with Crippen LogP contribution in [-0.2, 0) is 20.7 Å². The molecule has 1 atom stereocenters. The van der Waals surface area contributed by atoms with Crippen LogP contribution in [0, 0.1) is 0 Å². The van der Waals surface area contributed by atoms with E-state index in [1.807, 2.05) is 0 Å². The maximum Gasteiger partial charge on any atom is 0.334 e. The Labute approximate surface area is 127 Å². The summed E-state index contributed by atoms with van der Waals surface area (Å²) in [5.74, 6) is -0.611. The molecule has 6 nitrogen and oxygen atoms in total. The maximum absolute atomic E-state index is 12.2. The summed E-state index contributed by atoms with van der Waals surface area (Å²) in [5.41, 5.74) is 0.681. The zero-order chi connectivity index (χ0) is 15.4. The largest absolute Gasteiger partial charge is 0.497 e. The maximum atomic E-state index is 12.2. The summed E-state index contributed by atoms with van der Waals surface area (Å²) in [4.78, 5) is 24.6. The van der Waals surface area contributed by atoms with E-state index in [1.54, 1.807) is 18.2 Å². The standard InChI is InChI=1S/C14H16ClNO5/c1-20-10-3-2-9(11(15)7-10)6-13(17)16-4-5-21-12(8-16)14(18)19/h2-3,7,12H,4-6,8H2,1H3,(H,18,19)/t12-/m0/s1. The van der Waals surface area contributed by atoms with Crippen molar-refractivity contribution in [2.24, 2.45) is 0 Å². The van der Waals surface area contributed by atoms with Crippen LogP contribution >= 0.6 is 11.6 Å². The van der Waals surface area contributed by atoms with Gasteiger partial charge in [0.15, 0.2) is 6.10 Å². The predicted octanol–water partition coefficient (Wildman–Crippen LogP) is 1.20. The van der Waals surface area contributed by atoms with E-state index in [0.29, 0.717) is 22.9 Å². The van der Waals surface area contributed by atoms with Crippen LogP contribution < -0.4 is 4.74 Å². The molecule has 1 aromatic rings. The van der Waals surface area contributed by atoms with E-state index < -0.39 is 12.1 Å². The number of rotatable bonds is 4. The first kappa shape index (κ1) is 15.6. The van der Waals surface area contributed by atoms with Crippen LogP contribution in [0.5, 0.6) is 5.75 Å². The van der Waals surface area contributed by atoms with Crippen molar-refractivity contribution in [2.45, 2.75) is 12.5 Å². The van der Waals surface area contributed by atoms with Gasteiger partial charge >= 0.3 is 5.97 Å². The van der Waals surface area contributed by atoms with Crippen molar-refractivity contribution in [2.75, 3.05) is 26.8 Å². The molecule has 114 valence electrons. The number of benzene rings is 1. The van der Waals surface area contributed by atoms with Gasteiger partial charge in [0, 0.05) is 11.6 Å². The van der Waals surface area contributed by atoms with Gasteiger partial charge in [0.05, 0.1) is 26.7 Å². The Kier molecular flexibility index (Phi) is 5.03. The molecule has 0 spiro atoms. The van der Waals surface area contributed by atoms with Crippen LogP contribution in [0.15, 0.2) is 18.2 Å². The molecule has 7 heteroatoms. The van der Waals surface area contributed by atoms with E-state index in [1.165, 1.54) is 12.0 Å². The lowest BCUT2D eigenvalue weighted by Crippen LogP contribution is -2.49. The lowest BCUT2D eigenvalue weighted by atomic mass is 10.1. The van der Waals surface area contributed by atoms with Crippen molar-refractivity contribution in [1.82, 2.24) is 4.90 Å². The number of hydrogen-bond acceptors (Lipinski definition) is 4. The minimum atomic E-state index is -1.06. The lowest BCUT2D eigenvalue weighted by Gasteiger charge is -2.31. The molecule has 1 fully saturated rings. The second kappa shape index (κ2) is 6.78. The molecule has 0 radical (unpaired) electrons. The van der Waals surface area contributed by atoms with E-state index >= 15 is 0 Å². The van der Waals surface area contributed by atoms with Crippen molar-refractivity contribution >= 4 is 23.5 Å². The Balaban J connectivity index is 2.02. The van der Waals surface area contributed by atoms with Gasteiger partial charge < -0.3 is 19.5 Å². The van der Waals surface area contributed by atoms with Crippen LogP contribution in [-0.4, -0.2) is 54.8 Å². The fourth-order valence-corrected chi connectivity index (χ4v) is 2.34. The Hall–Kier alpha value is -1.79. The van der Waals surface area contributed by atoms with E-state index in [9.17, 15) is 9.59 Å². The van der Waals surface area contributed by atoms with E-state index in [-0.39, 0.29) is 25.5 Å². The summed E-state index contributed by atoms with van der Waals surface area (Å²) in [6.07, 6.45) is -0.844. The molecule has 21 heavy (non-hydrogen) atoms. The highest BCUT2D eigenvalue weighted by molar-refractivity contribution is 6.31. The van der Waals surface area contributed by atoms with Crippen molar-refractivity contribution in [3.05, 3.63) is 28.8 Å². The van der Waals surface area contributed by atoms with Crippen LogP contribution in [0.4, 0.5) is 0 Å². The average molecular weight is 314 g/mol. The van der Waals surface area contributed by atoms with Crippen LogP contribution in [0.25, 0.3) is 0 Å². The third kappa shape index (κ3) is 3.86. The first-order chi connectivity index (χ1) is 10.0. The Morgan fingerprint density at radius 2 is 2.29 bits per heavy atom. The third-order valence-electron chi connectivity index (χ3n) is 3.30. The van der Waals surface area contributed by atoms with Crippen molar-refractivity contribution < 1.29 is 24.2 Å². The number of halogens is 1. The average Bonchev–Trinajstić information content (AvgIpc) is 2.49. The molecular weight excluding hydrogens is 298 g/mol. The van der Waals surface area contributed by atoms with E-state index in [4.69, 9.17) is 26.2 Å². The fraction of sp³-hybridized carbons (Fsp3) is 0.429. The molecule has 0 saturated carbocycles. The number of carbonyl (C=O) groups excluding carboxylic acids is 1. The van der Waals surface area contributed by atoms with Gasteiger partial charge in [-0.05, 0) is 17.7 Å². The summed E-state index contributed by atoms with van der Waals surface area (Å²) in [6.45, 7) is 0.664. The molecule has 1 N–H and O–H groups in total. The number of aliphatic carboxylic acids is 1. The molecule has 1 aliphatic rings. The molecule has 0 aliphatic carbocycles. The first-order valence-electron chi connectivity index (χ1n) is 6.46. The van der Waals surface area contributed by atoms with Gasteiger partial charge in [0.2, 0.25) is 5.91 Å². The number of ether oxygens (including phenoxy) is 2. The zero-order valence-electron chi connectivity index (χ0n) is 11.5. The van der Waals surface area contributed by atoms with E-state index in [0.717, 1.165) is 0 Å². The topological polar surface area (TPSA) is 76.1 Å². The lowest BCUT2D eigenvalue weighted by molar-refractivity contribution is -0.159. The van der Waals surface area contributed by atoms with Crippen molar-refractivity contribution in [1.29, 1.82) is 0 Å². The summed E-state index contributed by atoms with van der Waals surface area (Å²) < 4.78 is 10.1. The number of morpholine rings is 1. The van der Waals surface area contributed by atoms with Gasteiger partial charge in [0.1, 0.15) is 5.75 Å². The van der Waals surface area contributed by atoms with Gasteiger partial charge in [-0.25, -0.2) is 4.79 Å². The monoisotopic (exact) mass is 313 g/mol. The summed E-state index contributed by atoms with van der Waals surface area (Å²) in [6, 6.07) is 5.10. The number of methoxy groups -OCH3 is 1. The highest BCUT2D eigenvalue weighted by Crippen LogP contribution is 2.23. The highest BCUT2D eigenvalue weighted by Gasteiger charge is 2.29. The number of hydrogen-bond donors (Lipinski definition) is 1. The van der Waals surface area contributed by atoms with Gasteiger partial charge in [-0.15, -0.1) is 0 Å². The Morgan fingerprint density at radius 1 is 1.52 bits per heavy atom. The van der Waals surface area contributed by atoms with Gasteiger partial charge in [-0.2, -0.15) is 0 Å². The normalized spacial score (nSPS) is 18.4. The predicted molar refractivity (Wildman–Crippen MR) is 75.7 cm³/mol. The number of carboxylic acids is 1. The molecule has 1 amide bonds. The van der Waals surface area contributed by atoms with Crippen molar-refractivity contribution in [3.8, 4) is 5.75 Å². The SMILES string of the molecule is COc1ccc(CC(=O)N2CCO[C@H](C(=O)O)C2)c(Cl)c1. The minimum Gasteiger partial charge on any atom is -0.497 e. The third-order valence-corrected chi connectivity index (χ3v) is 3.65. The van der Waals surface area contributed by atoms with Crippen LogP contribution in [0.1, 0.15) is 5.56 Å². The summed E-state index contributed by atoms with van der Waals surface area (Å²) in [5, 5.41) is 9.38. The molecule has 0 unspecified atom stereocenters. The molecule has 1 aromatic carbocycles. The molecule has 1 aliphatic heterocycles. The number of amides is 1. The number of carbonyl (C=O) groups is 2. The first-order valence-corrected chi connectivity index (χ1v) is 6.83. The van der Waals surface area contributed by atoms with Gasteiger partial charge in [0.25, 0.3) is 0 Å². The van der Waals surface area contributed by atoms with Crippen molar-refractivity contribution in [3.63, 3.8) is 0 Å².